The van der Waals surface area contributed by atoms with Crippen molar-refractivity contribution in [2.75, 3.05) is 30.3 Å². The van der Waals surface area contributed by atoms with Crippen molar-refractivity contribution in [1.82, 2.24) is 20.4 Å². The molecule has 0 spiro atoms. The fourth-order valence-corrected chi connectivity index (χ4v) is 5.70. The molecule has 29 heavy (non-hydrogen) atoms. The van der Waals surface area contributed by atoms with Crippen LogP contribution >= 0.6 is 11.3 Å². The Bertz CT molecular complexity index is 926. The van der Waals surface area contributed by atoms with Crippen LogP contribution in [0.1, 0.15) is 30.5 Å². The number of nitrogens with zero attached hydrogens (tertiary/aromatic N) is 4. The molecular weight excluding hydrogens is 384 g/mol. The normalized spacial score (nSPS) is 28.3. The number of aromatic nitrogens is 2. The first kappa shape index (κ1) is 18.6. The Labute approximate surface area is 174 Å². The van der Waals surface area contributed by atoms with Crippen LogP contribution in [0.3, 0.4) is 0 Å². The number of nitriles is 1. The number of aliphatic imine (C=N–C) groups is 1. The van der Waals surface area contributed by atoms with E-state index in [1.165, 1.54) is 12.8 Å². The van der Waals surface area contributed by atoms with Crippen LogP contribution < -0.4 is 16.0 Å². The van der Waals surface area contributed by atoms with Gasteiger partial charge in [-0.3, -0.25) is 10.4 Å². The Kier molecular flexibility index (Phi) is 4.99. The highest BCUT2D eigenvalue weighted by atomic mass is 32.1. The molecule has 4 heterocycles. The third-order valence-electron chi connectivity index (χ3n) is 6.16. The molecule has 4 N–H and O–H groups in total. The molecule has 2 fully saturated rings. The van der Waals surface area contributed by atoms with Crippen LogP contribution in [0.25, 0.3) is 0 Å². The van der Waals surface area contributed by atoms with E-state index in [9.17, 15) is 0 Å². The zero-order chi connectivity index (χ0) is 19.8. The predicted molar refractivity (Wildman–Crippen MR) is 115 cm³/mol. The maximum absolute atomic E-state index is 8.81. The summed E-state index contributed by atoms with van der Waals surface area (Å²) in [6, 6.07) is 6.80. The van der Waals surface area contributed by atoms with Crippen molar-refractivity contribution in [3.8, 4) is 6.07 Å². The van der Waals surface area contributed by atoms with Gasteiger partial charge in [-0.15, -0.1) is 11.3 Å². The van der Waals surface area contributed by atoms with Crippen LogP contribution in [0.15, 0.2) is 22.5 Å². The Morgan fingerprint density at radius 3 is 2.90 bits per heavy atom. The third-order valence-corrected chi connectivity index (χ3v) is 7.00. The van der Waals surface area contributed by atoms with Crippen LogP contribution in [0.4, 0.5) is 10.8 Å². The lowest BCUT2D eigenvalue weighted by atomic mass is 10.0. The average molecular weight is 411 g/mol. The zero-order valence-corrected chi connectivity index (χ0v) is 17.3. The SMILES string of the molecule is Cc1cc(NC2=NC(NC3C[C@@H]4CN(CCC#N)C[C@@H]4C3)Nc3sccc32)n[nH]1. The molecule has 9 heteroatoms. The number of likely N-dealkylation sites (tertiary alicyclic amines) is 1. The second kappa shape index (κ2) is 7.78. The van der Waals surface area contributed by atoms with Gasteiger partial charge in [0, 0.05) is 43.9 Å². The van der Waals surface area contributed by atoms with Crippen LogP contribution in [-0.4, -0.2) is 52.9 Å². The summed E-state index contributed by atoms with van der Waals surface area (Å²) in [6.45, 7) is 5.17. The van der Waals surface area contributed by atoms with Gasteiger partial charge in [0.1, 0.15) is 10.8 Å². The molecule has 0 amide bonds. The number of amidine groups is 1. The molecule has 1 saturated carbocycles. The predicted octanol–water partition coefficient (Wildman–Crippen LogP) is 2.56. The van der Waals surface area contributed by atoms with Crippen molar-refractivity contribution in [2.24, 2.45) is 16.8 Å². The van der Waals surface area contributed by atoms with Crippen LogP contribution in [0.2, 0.25) is 0 Å². The number of aryl methyl sites for hydroxylation is 1. The van der Waals surface area contributed by atoms with Gasteiger partial charge in [0.2, 0.25) is 0 Å². The fraction of sp³-hybridized carbons (Fsp3) is 0.550. The smallest absolute Gasteiger partial charge is 0.176 e. The number of thiophene rings is 1. The summed E-state index contributed by atoms with van der Waals surface area (Å²) in [5, 5.41) is 29.9. The van der Waals surface area contributed by atoms with E-state index in [-0.39, 0.29) is 6.29 Å². The van der Waals surface area contributed by atoms with E-state index in [4.69, 9.17) is 10.3 Å². The lowest BCUT2D eigenvalue weighted by Gasteiger charge is -2.27. The van der Waals surface area contributed by atoms with E-state index < -0.39 is 0 Å². The van der Waals surface area contributed by atoms with Crippen molar-refractivity contribution in [3.63, 3.8) is 0 Å². The molecule has 0 bridgehead atoms. The molecule has 8 nitrogen and oxygen atoms in total. The van der Waals surface area contributed by atoms with E-state index in [0.29, 0.717) is 12.5 Å². The van der Waals surface area contributed by atoms with Gasteiger partial charge in [0.15, 0.2) is 12.1 Å². The quantitative estimate of drug-likeness (QED) is 0.604. The van der Waals surface area contributed by atoms with Gasteiger partial charge < -0.3 is 15.5 Å². The average Bonchev–Trinajstić information content (AvgIpc) is 3.44. The summed E-state index contributed by atoms with van der Waals surface area (Å²) >= 11 is 1.70. The van der Waals surface area contributed by atoms with Crippen LogP contribution in [-0.2, 0) is 0 Å². The summed E-state index contributed by atoms with van der Waals surface area (Å²) in [4.78, 5) is 7.36. The minimum absolute atomic E-state index is 0.137. The maximum Gasteiger partial charge on any atom is 0.176 e. The van der Waals surface area contributed by atoms with Crippen molar-refractivity contribution in [3.05, 3.63) is 28.8 Å². The molecular formula is C20H26N8S. The molecule has 1 saturated heterocycles. The highest BCUT2D eigenvalue weighted by molar-refractivity contribution is 7.14. The number of fused-ring (bicyclic) bond motifs is 2. The van der Waals surface area contributed by atoms with Gasteiger partial charge in [-0.2, -0.15) is 10.4 Å². The molecule has 4 atom stereocenters. The topological polar surface area (TPSA) is 104 Å². The molecule has 2 aromatic heterocycles. The molecule has 0 aromatic carbocycles. The Balaban J connectivity index is 1.23. The molecule has 0 radical (unpaired) electrons. The monoisotopic (exact) mass is 410 g/mol. The molecule has 152 valence electrons. The van der Waals surface area contributed by atoms with Gasteiger partial charge >= 0.3 is 0 Å². The zero-order valence-electron chi connectivity index (χ0n) is 16.5. The molecule has 1 aliphatic carbocycles. The Morgan fingerprint density at radius 2 is 2.17 bits per heavy atom. The van der Waals surface area contributed by atoms with Crippen molar-refractivity contribution in [1.29, 1.82) is 5.26 Å². The van der Waals surface area contributed by atoms with Gasteiger partial charge in [-0.1, -0.05) is 0 Å². The largest absolute Gasteiger partial charge is 0.343 e. The Hall–Kier alpha value is -2.41. The van der Waals surface area contributed by atoms with E-state index in [0.717, 1.165) is 59.4 Å². The first-order chi connectivity index (χ1) is 14.2. The molecule has 2 aromatic rings. The molecule has 5 rings (SSSR count). The third kappa shape index (κ3) is 3.88. The highest BCUT2D eigenvalue weighted by Crippen LogP contribution is 2.38. The fourth-order valence-electron chi connectivity index (χ4n) is 4.89. The standard InChI is InChI=1S/C20H26N8S/c1-12-7-17(27-26-12)23-18-16-3-6-29-19(16)25-20(24-18)22-15-8-13-10-28(5-2-4-21)11-14(13)9-15/h3,6-7,13-15,20,22,25H,2,5,8-11H2,1H3,(H2,23,24,26,27)/t13-,14+,15?,20?. The van der Waals surface area contributed by atoms with Crippen LogP contribution in [0, 0.1) is 30.1 Å². The Morgan fingerprint density at radius 1 is 1.34 bits per heavy atom. The van der Waals surface area contributed by atoms with Crippen molar-refractivity contribution in [2.45, 2.75) is 38.5 Å². The minimum atomic E-state index is -0.137. The highest BCUT2D eigenvalue weighted by Gasteiger charge is 2.41. The number of hydrogen-bond acceptors (Lipinski definition) is 8. The number of hydrogen-bond donors (Lipinski definition) is 4. The second-order valence-electron chi connectivity index (χ2n) is 8.27. The number of anilines is 2. The summed E-state index contributed by atoms with van der Waals surface area (Å²) in [7, 11) is 0. The van der Waals surface area contributed by atoms with Gasteiger partial charge in [0.25, 0.3) is 0 Å². The molecule has 2 aliphatic heterocycles. The van der Waals surface area contributed by atoms with Gasteiger partial charge in [-0.05, 0) is 43.0 Å². The molecule has 3 aliphatic rings. The first-order valence-corrected chi connectivity index (χ1v) is 11.1. The van der Waals surface area contributed by atoms with E-state index in [1.807, 2.05) is 13.0 Å². The summed E-state index contributed by atoms with van der Waals surface area (Å²) < 4.78 is 0. The molecule has 2 unspecified atom stereocenters. The van der Waals surface area contributed by atoms with Crippen molar-refractivity contribution >= 4 is 28.0 Å². The lowest BCUT2D eigenvalue weighted by Crippen LogP contribution is -2.44. The van der Waals surface area contributed by atoms with E-state index in [1.54, 1.807) is 11.3 Å². The number of H-pyrrole nitrogens is 1. The summed E-state index contributed by atoms with van der Waals surface area (Å²) in [6.07, 6.45) is 2.86. The van der Waals surface area contributed by atoms with Gasteiger partial charge in [0.05, 0.1) is 11.6 Å². The summed E-state index contributed by atoms with van der Waals surface area (Å²) in [5.74, 6) is 3.11. The van der Waals surface area contributed by atoms with Gasteiger partial charge in [-0.25, -0.2) is 4.99 Å². The van der Waals surface area contributed by atoms with Crippen LogP contribution in [0.5, 0.6) is 0 Å². The van der Waals surface area contributed by atoms with E-state index in [2.05, 4.69) is 48.6 Å². The first-order valence-electron chi connectivity index (χ1n) is 10.2. The lowest BCUT2D eigenvalue weighted by molar-refractivity contribution is 0.304. The maximum atomic E-state index is 8.81. The van der Waals surface area contributed by atoms with E-state index >= 15 is 0 Å². The second-order valence-corrected chi connectivity index (χ2v) is 9.19. The van der Waals surface area contributed by atoms with Crippen molar-refractivity contribution < 1.29 is 0 Å². The number of nitrogens with one attached hydrogen (secondary N) is 4. The summed E-state index contributed by atoms with van der Waals surface area (Å²) in [5.41, 5.74) is 2.11. The number of rotatable bonds is 5. The number of aromatic amines is 1. The minimum Gasteiger partial charge on any atom is -0.343 e.